The summed E-state index contributed by atoms with van der Waals surface area (Å²) in [6, 6.07) is 1.97. The van der Waals surface area contributed by atoms with E-state index in [1.807, 2.05) is 6.92 Å². The van der Waals surface area contributed by atoms with Crippen LogP contribution in [0.1, 0.15) is 30.1 Å². The second-order valence-corrected chi connectivity index (χ2v) is 3.24. The molecular formula is C11H12F2O3. The highest BCUT2D eigenvalue weighted by atomic mass is 19.1. The topological polar surface area (TPSA) is 46.5 Å². The van der Waals surface area contributed by atoms with Gasteiger partial charge in [-0.1, -0.05) is 13.3 Å². The number of rotatable bonds is 5. The van der Waals surface area contributed by atoms with E-state index in [2.05, 4.69) is 0 Å². The Labute approximate surface area is 91.7 Å². The molecule has 0 saturated heterocycles. The highest BCUT2D eigenvalue weighted by molar-refractivity contribution is 5.88. The first-order valence-corrected chi connectivity index (χ1v) is 4.92. The summed E-state index contributed by atoms with van der Waals surface area (Å²) < 4.78 is 31.5. The molecular weight excluding hydrogens is 218 g/mol. The van der Waals surface area contributed by atoms with Gasteiger partial charge in [0, 0.05) is 0 Å². The van der Waals surface area contributed by atoms with E-state index in [1.54, 1.807) is 0 Å². The van der Waals surface area contributed by atoms with E-state index in [1.165, 1.54) is 0 Å². The Balaban J connectivity index is 2.95. The van der Waals surface area contributed by atoms with Gasteiger partial charge < -0.3 is 9.84 Å². The van der Waals surface area contributed by atoms with Crippen molar-refractivity contribution in [2.75, 3.05) is 6.61 Å². The number of aromatic carboxylic acids is 1. The number of halogens is 2. The molecule has 16 heavy (non-hydrogen) atoms. The molecule has 0 amide bonds. The van der Waals surface area contributed by atoms with Gasteiger partial charge in [0.05, 0.1) is 6.61 Å². The van der Waals surface area contributed by atoms with Crippen molar-refractivity contribution >= 4 is 5.97 Å². The molecule has 0 aliphatic heterocycles. The third-order valence-electron chi connectivity index (χ3n) is 2.03. The number of carboxylic acids is 1. The molecule has 0 fully saturated rings. The molecule has 1 N–H and O–H groups in total. The van der Waals surface area contributed by atoms with E-state index in [-0.39, 0.29) is 12.4 Å². The molecule has 0 heterocycles. The molecule has 1 aromatic carbocycles. The summed E-state index contributed by atoms with van der Waals surface area (Å²) in [5.74, 6) is -4.14. The molecule has 0 spiro atoms. The first kappa shape index (κ1) is 12.4. The fourth-order valence-electron chi connectivity index (χ4n) is 1.17. The lowest BCUT2D eigenvalue weighted by Gasteiger charge is -2.08. The fourth-order valence-corrected chi connectivity index (χ4v) is 1.17. The summed E-state index contributed by atoms with van der Waals surface area (Å²) in [4.78, 5) is 10.6. The van der Waals surface area contributed by atoms with Gasteiger partial charge in [0.15, 0.2) is 11.6 Å². The highest BCUT2D eigenvalue weighted by Crippen LogP contribution is 2.23. The first-order valence-electron chi connectivity index (χ1n) is 4.92. The molecule has 0 radical (unpaired) electrons. The summed E-state index contributed by atoms with van der Waals surface area (Å²) in [6.07, 6.45) is 1.59. The molecule has 1 rings (SSSR count). The smallest absolute Gasteiger partial charge is 0.341 e. The van der Waals surface area contributed by atoms with Gasteiger partial charge >= 0.3 is 5.97 Å². The van der Waals surface area contributed by atoms with Crippen molar-refractivity contribution in [1.29, 1.82) is 0 Å². The Morgan fingerprint density at radius 1 is 1.44 bits per heavy atom. The highest BCUT2D eigenvalue weighted by Gasteiger charge is 2.20. The van der Waals surface area contributed by atoms with Crippen LogP contribution in [0.5, 0.6) is 5.75 Å². The zero-order valence-corrected chi connectivity index (χ0v) is 8.80. The predicted molar refractivity (Wildman–Crippen MR) is 53.7 cm³/mol. The van der Waals surface area contributed by atoms with Crippen LogP contribution in [-0.2, 0) is 0 Å². The molecule has 1 aromatic rings. The number of benzene rings is 1. The maximum atomic E-state index is 13.5. The molecule has 0 aromatic heterocycles. The van der Waals surface area contributed by atoms with Gasteiger partial charge in [0.1, 0.15) is 11.4 Å². The zero-order chi connectivity index (χ0) is 12.1. The lowest BCUT2D eigenvalue weighted by molar-refractivity contribution is 0.0685. The number of unbranched alkanes of at least 4 members (excludes halogenated alkanes) is 1. The summed E-state index contributed by atoms with van der Waals surface area (Å²) in [6.45, 7) is 2.21. The van der Waals surface area contributed by atoms with Crippen LogP contribution in [0.15, 0.2) is 12.1 Å². The minimum Gasteiger partial charge on any atom is -0.490 e. The molecule has 3 nitrogen and oxygen atoms in total. The number of hydrogen-bond acceptors (Lipinski definition) is 2. The Bertz CT molecular complexity index is 391. The number of carboxylic acid groups (broad SMARTS) is 1. The van der Waals surface area contributed by atoms with Crippen molar-refractivity contribution in [3.63, 3.8) is 0 Å². The van der Waals surface area contributed by atoms with Crippen molar-refractivity contribution in [3.05, 3.63) is 29.3 Å². The molecule has 0 aliphatic rings. The Hall–Kier alpha value is -1.65. The van der Waals surface area contributed by atoms with Crippen LogP contribution in [0.2, 0.25) is 0 Å². The Kier molecular flexibility index (Phi) is 4.22. The second kappa shape index (κ2) is 5.44. The van der Waals surface area contributed by atoms with E-state index in [0.717, 1.165) is 25.0 Å². The molecule has 0 aliphatic carbocycles. The van der Waals surface area contributed by atoms with Crippen LogP contribution in [0.3, 0.4) is 0 Å². The quantitative estimate of drug-likeness (QED) is 0.791. The Morgan fingerprint density at radius 3 is 2.69 bits per heavy atom. The van der Waals surface area contributed by atoms with Crippen molar-refractivity contribution in [3.8, 4) is 5.75 Å². The minimum absolute atomic E-state index is 0.229. The van der Waals surface area contributed by atoms with Crippen LogP contribution >= 0.6 is 0 Å². The Morgan fingerprint density at radius 2 is 2.12 bits per heavy atom. The molecule has 0 saturated carbocycles. The van der Waals surface area contributed by atoms with Crippen LogP contribution in [-0.4, -0.2) is 17.7 Å². The second-order valence-electron chi connectivity index (χ2n) is 3.24. The van der Waals surface area contributed by atoms with Crippen LogP contribution in [0.4, 0.5) is 8.78 Å². The van der Waals surface area contributed by atoms with Gasteiger partial charge in [-0.3, -0.25) is 0 Å². The van der Waals surface area contributed by atoms with Crippen molar-refractivity contribution in [1.82, 2.24) is 0 Å². The zero-order valence-electron chi connectivity index (χ0n) is 8.80. The SMILES string of the molecule is CCCCOc1ccc(F)c(C(=O)O)c1F. The van der Waals surface area contributed by atoms with Gasteiger partial charge in [-0.15, -0.1) is 0 Å². The third kappa shape index (κ3) is 2.68. The maximum Gasteiger partial charge on any atom is 0.341 e. The normalized spacial score (nSPS) is 10.2. The average Bonchev–Trinajstić information content (AvgIpc) is 2.21. The standard InChI is InChI=1S/C11H12F2O3/c1-2-3-6-16-8-5-4-7(12)9(10(8)13)11(14)15/h4-5H,2-3,6H2,1H3,(H,14,15). The summed E-state index contributed by atoms with van der Waals surface area (Å²) in [5.41, 5.74) is -0.978. The van der Waals surface area contributed by atoms with Gasteiger partial charge in [-0.05, 0) is 18.6 Å². The minimum atomic E-state index is -1.64. The molecule has 0 unspecified atom stereocenters. The number of carbonyl (C=O) groups is 1. The number of ether oxygens (including phenoxy) is 1. The van der Waals surface area contributed by atoms with E-state index < -0.39 is 23.2 Å². The van der Waals surface area contributed by atoms with Crippen LogP contribution in [0, 0.1) is 11.6 Å². The largest absolute Gasteiger partial charge is 0.490 e. The lowest BCUT2D eigenvalue weighted by Crippen LogP contribution is -2.07. The maximum absolute atomic E-state index is 13.5. The first-order chi connectivity index (χ1) is 7.57. The van der Waals surface area contributed by atoms with E-state index in [9.17, 15) is 13.6 Å². The van der Waals surface area contributed by atoms with E-state index in [4.69, 9.17) is 9.84 Å². The summed E-state index contributed by atoms with van der Waals surface area (Å²) in [5, 5.41) is 8.61. The molecule has 0 bridgehead atoms. The molecule has 5 heteroatoms. The molecule has 0 atom stereocenters. The van der Waals surface area contributed by atoms with E-state index >= 15 is 0 Å². The monoisotopic (exact) mass is 230 g/mol. The van der Waals surface area contributed by atoms with Crippen molar-refractivity contribution in [2.24, 2.45) is 0 Å². The molecule has 88 valence electrons. The van der Waals surface area contributed by atoms with Gasteiger partial charge in [-0.2, -0.15) is 0 Å². The van der Waals surface area contributed by atoms with Gasteiger partial charge in [0.25, 0.3) is 0 Å². The fraction of sp³-hybridized carbons (Fsp3) is 0.364. The third-order valence-corrected chi connectivity index (χ3v) is 2.03. The van der Waals surface area contributed by atoms with Crippen molar-refractivity contribution in [2.45, 2.75) is 19.8 Å². The average molecular weight is 230 g/mol. The van der Waals surface area contributed by atoms with E-state index in [0.29, 0.717) is 0 Å². The summed E-state index contributed by atoms with van der Waals surface area (Å²) >= 11 is 0. The summed E-state index contributed by atoms with van der Waals surface area (Å²) in [7, 11) is 0. The predicted octanol–water partition coefficient (Wildman–Crippen LogP) is 2.84. The van der Waals surface area contributed by atoms with Crippen LogP contribution in [0.25, 0.3) is 0 Å². The van der Waals surface area contributed by atoms with Crippen molar-refractivity contribution < 1.29 is 23.4 Å². The lowest BCUT2D eigenvalue weighted by atomic mass is 10.2. The van der Waals surface area contributed by atoms with Gasteiger partial charge in [-0.25, -0.2) is 13.6 Å². The van der Waals surface area contributed by atoms with Gasteiger partial charge in [0.2, 0.25) is 0 Å². The number of hydrogen-bond donors (Lipinski definition) is 1. The van der Waals surface area contributed by atoms with Crippen LogP contribution < -0.4 is 4.74 Å².